The number of aliphatic hydroxyl groups excluding tert-OH is 2. The van der Waals surface area contributed by atoms with E-state index < -0.39 is 111 Å². The smallest absolute Gasteiger partial charge is 0.344 e. The number of hydrogen-bond acceptors (Lipinski definition) is 18. The molecule has 284 valence electrons. The molecular weight excluding hydrogens is 686 g/mol. The number of aliphatic carboxylic acids is 1. The van der Waals surface area contributed by atoms with Crippen molar-refractivity contribution in [2.45, 2.75) is 19.3 Å². The minimum atomic E-state index is -1.76. The Bertz CT molecular complexity index is 1240. The lowest BCUT2D eigenvalue weighted by molar-refractivity contribution is -0.174. The number of carboxylic acids is 1. The van der Waals surface area contributed by atoms with Crippen molar-refractivity contribution in [1.29, 1.82) is 0 Å². The van der Waals surface area contributed by atoms with Crippen LogP contribution in [0.4, 0.5) is 0 Å². The van der Waals surface area contributed by atoms with Crippen LogP contribution in [0.2, 0.25) is 0 Å². The molecule has 0 heterocycles. The molecule has 0 aromatic rings. The molecule has 0 saturated carbocycles. The second kappa shape index (κ2) is 24.1. The predicted molar refractivity (Wildman–Crippen MR) is 168 cm³/mol. The minimum Gasteiger partial charge on any atom is -0.481 e. The second-order valence-electron chi connectivity index (χ2n) is 10.9. The number of nitrogens with zero attached hydrogens (tertiary/aromatic N) is 1. The summed E-state index contributed by atoms with van der Waals surface area (Å²) in [6, 6.07) is 0. The van der Waals surface area contributed by atoms with E-state index in [1.165, 1.54) is 0 Å². The van der Waals surface area contributed by atoms with Crippen LogP contribution in [0.3, 0.4) is 0 Å². The number of hydrogen-bond donors (Lipinski definition) is 3. The van der Waals surface area contributed by atoms with Crippen LogP contribution >= 0.6 is 0 Å². The highest BCUT2D eigenvalue weighted by Gasteiger charge is 2.37. The molecule has 0 bridgehead atoms. The number of ether oxygens (including phenoxy) is 7. The van der Waals surface area contributed by atoms with Crippen LogP contribution in [0.15, 0.2) is 37.5 Å². The van der Waals surface area contributed by atoms with Gasteiger partial charge >= 0.3 is 47.8 Å². The summed E-state index contributed by atoms with van der Waals surface area (Å²) in [5.74, 6) is -9.42. The molecule has 1 rings (SSSR count). The van der Waals surface area contributed by atoms with Crippen LogP contribution in [0.25, 0.3) is 0 Å². The molecule has 51 heavy (non-hydrogen) atoms. The monoisotopic (exact) mass is 729 g/mol. The van der Waals surface area contributed by atoms with Gasteiger partial charge in [0.05, 0.1) is 36.9 Å². The Morgan fingerprint density at radius 2 is 1.16 bits per heavy atom. The van der Waals surface area contributed by atoms with Gasteiger partial charge < -0.3 is 48.5 Å². The van der Waals surface area contributed by atoms with Gasteiger partial charge in [-0.1, -0.05) is 25.3 Å². The largest absolute Gasteiger partial charge is 0.481 e. The quantitative estimate of drug-likeness (QED) is 0.0417. The first-order valence-corrected chi connectivity index (χ1v) is 15.5. The predicted octanol–water partition coefficient (Wildman–Crippen LogP) is -1.51. The fraction of sp³-hybridized carbons (Fsp3) is 0.562. The van der Waals surface area contributed by atoms with Crippen molar-refractivity contribution < 1.29 is 86.8 Å². The lowest BCUT2D eigenvalue weighted by Gasteiger charge is -2.30. The maximum Gasteiger partial charge on any atom is 0.344 e. The van der Waals surface area contributed by atoms with Crippen LogP contribution in [-0.4, -0.2) is 147 Å². The van der Waals surface area contributed by atoms with E-state index in [1.807, 2.05) is 0 Å². The van der Waals surface area contributed by atoms with Crippen LogP contribution in [-0.2, 0) is 71.5 Å². The molecule has 0 aromatic heterocycles. The van der Waals surface area contributed by atoms with Gasteiger partial charge in [0.1, 0.15) is 26.4 Å². The van der Waals surface area contributed by atoms with Crippen molar-refractivity contribution >= 4 is 47.8 Å². The third-order valence-corrected chi connectivity index (χ3v) is 7.05. The van der Waals surface area contributed by atoms with E-state index in [0.29, 0.717) is 0 Å². The molecule has 0 spiro atoms. The summed E-state index contributed by atoms with van der Waals surface area (Å²) in [5.41, 5.74) is -1.76. The van der Waals surface area contributed by atoms with E-state index in [1.54, 1.807) is 17.1 Å². The highest BCUT2D eigenvalue weighted by molar-refractivity contribution is 5.84. The van der Waals surface area contributed by atoms with Crippen molar-refractivity contribution in [2.75, 3.05) is 79.1 Å². The second-order valence-corrected chi connectivity index (χ2v) is 10.9. The number of carbonyl (C=O) groups excluding carboxylic acids is 7. The van der Waals surface area contributed by atoms with E-state index in [4.69, 9.17) is 23.7 Å². The summed E-state index contributed by atoms with van der Waals surface area (Å²) < 4.78 is 34.3. The van der Waals surface area contributed by atoms with E-state index in [0.717, 1.165) is 12.2 Å². The Balaban J connectivity index is 2.65. The fourth-order valence-corrected chi connectivity index (χ4v) is 4.13. The van der Waals surface area contributed by atoms with Crippen molar-refractivity contribution in [2.24, 2.45) is 17.3 Å². The highest BCUT2D eigenvalue weighted by Crippen LogP contribution is 2.27. The Kier molecular flexibility index (Phi) is 20.7. The van der Waals surface area contributed by atoms with E-state index >= 15 is 0 Å². The molecule has 2 atom stereocenters. The number of rotatable bonds is 25. The fourth-order valence-electron chi connectivity index (χ4n) is 4.13. The molecule has 1 aliphatic rings. The lowest BCUT2D eigenvalue weighted by atomic mass is 9.83. The maximum absolute atomic E-state index is 12.5. The standard InChI is InChI=1S/C32H43NO18/c1-3-24(36)46-15-27(39)49-19-32(18-35,20-50-28(40)16-47-25(37)4-2)21-51-29(41)17-48-26(38)9-10-33(11-13-34)12-14-45-31(44)23-8-6-5-7-22(23)30(42)43/h3-6,22-23,34-35H,1-2,7-21H2,(H,42,43). The van der Waals surface area contributed by atoms with Crippen LogP contribution in [0, 0.1) is 17.3 Å². The topological polar surface area (TPSA) is 265 Å². The van der Waals surface area contributed by atoms with Gasteiger partial charge in [0, 0.05) is 31.8 Å². The summed E-state index contributed by atoms with van der Waals surface area (Å²) in [6.45, 7) is 0.577. The van der Waals surface area contributed by atoms with Crippen LogP contribution in [0.5, 0.6) is 0 Å². The van der Waals surface area contributed by atoms with E-state index in [9.17, 15) is 53.7 Å². The van der Waals surface area contributed by atoms with Crippen LogP contribution in [0.1, 0.15) is 19.3 Å². The molecule has 3 N–H and O–H groups in total. The van der Waals surface area contributed by atoms with Crippen LogP contribution < -0.4 is 0 Å². The molecule has 19 nitrogen and oxygen atoms in total. The molecule has 0 saturated heterocycles. The van der Waals surface area contributed by atoms with Gasteiger partial charge in [0.2, 0.25) is 0 Å². The molecule has 1 aliphatic carbocycles. The third kappa shape index (κ3) is 17.9. The molecule has 0 fully saturated rings. The summed E-state index contributed by atoms with van der Waals surface area (Å²) >= 11 is 0. The summed E-state index contributed by atoms with van der Waals surface area (Å²) in [7, 11) is 0. The zero-order chi connectivity index (χ0) is 38.2. The van der Waals surface area contributed by atoms with Gasteiger partial charge in [-0.3, -0.25) is 19.3 Å². The van der Waals surface area contributed by atoms with Crippen molar-refractivity contribution in [3.63, 3.8) is 0 Å². The number of aliphatic hydroxyl groups is 2. The first kappa shape index (κ1) is 43.9. The Hall–Kier alpha value is -5.14. The first-order chi connectivity index (χ1) is 24.3. The van der Waals surface area contributed by atoms with Gasteiger partial charge in [0.15, 0.2) is 19.8 Å². The number of esters is 7. The molecule has 0 aromatic carbocycles. The summed E-state index contributed by atoms with van der Waals surface area (Å²) in [6.07, 6.45) is 5.20. The van der Waals surface area contributed by atoms with Gasteiger partial charge in [-0.05, 0) is 12.8 Å². The zero-order valence-electron chi connectivity index (χ0n) is 27.9. The third-order valence-electron chi connectivity index (χ3n) is 7.05. The lowest BCUT2D eigenvalue weighted by Crippen LogP contribution is -2.43. The Morgan fingerprint density at radius 3 is 1.61 bits per heavy atom. The zero-order valence-corrected chi connectivity index (χ0v) is 27.9. The molecule has 0 aliphatic heterocycles. The average molecular weight is 730 g/mol. The number of carboxylic acid groups (broad SMARTS) is 1. The van der Waals surface area contributed by atoms with Crippen molar-refractivity contribution in [3.8, 4) is 0 Å². The molecule has 0 radical (unpaired) electrons. The number of allylic oxidation sites excluding steroid dienone is 2. The first-order valence-electron chi connectivity index (χ1n) is 15.5. The van der Waals surface area contributed by atoms with E-state index in [2.05, 4.69) is 22.6 Å². The van der Waals surface area contributed by atoms with Gasteiger partial charge in [-0.2, -0.15) is 0 Å². The Morgan fingerprint density at radius 1 is 0.667 bits per heavy atom. The minimum absolute atomic E-state index is 0.0322. The van der Waals surface area contributed by atoms with Crippen molar-refractivity contribution in [3.05, 3.63) is 37.5 Å². The molecule has 2 unspecified atom stereocenters. The molecular formula is C32H43NO18. The maximum atomic E-state index is 12.5. The normalized spacial score (nSPS) is 15.1. The average Bonchev–Trinajstić information content (AvgIpc) is 3.13. The van der Waals surface area contributed by atoms with Gasteiger partial charge in [0.25, 0.3) is 0 Å². The summed E-state index contributed by atoms with van der Waals surface area (Å²) in [5, 5.41) is 28.8. The van der Waals surface area contributed by atoms with Gasteiger partial charge in [-0.15, -0.1) is 0 Å². The summed E-state index contributed by atoms with van der Waals surface area (Å²) in [4.78, 5) is 96.6. The molecule has 0 amide bonds. The molecule has 19 heteroatoms. The SMILES string of the molecule is C=CC(=O)OCC(=O)OCC(CO)(COC(=O)COC(=O)C=C)COC(=O)COC(=O)CCN(CCO)CCOC(=O)C1CC=CCC1C(=O)O. The Labute approximate surface area is 292 Å². The number of carbonyl (C=O) groups is 8. The van der Waals surface area contributed by atoms with Crippen molar-refractivity contribution in [1.82, 2.24) is 4.90 Å². The highest BCUT2D eigenvalue weighted by atomic mass is 16.6. The van der Waals surface area contributed by atoms with Gasteiger partial charge in [-0.25, -0.2) is 24.0 Å². The van der Waals surface area contributed by atoms with E-state index in [-0.39, 0.29) is 52.1 Å².